The zero-order chi connectivity index (χ0) is 19.6. The quantitative estimate of drug-likeness (QED) is 0.713. The summed E-state index contributed by atoms with van der Waals surface area (Å²) in [5.74, 6) is 1.75. The van der Waals surface area contributed by atoms with Crippen molar-refractivity contribution in [2.45, 2.75) is 37.8 Å². The van der Waals surface area contributed by atoms with E-state index in [1.807, 2.05) is 6.20 Å². The molecule has 2 aliphatic heterocycles. The number of benzene rings is 1. The van der Waals surface area contributed by atoms with Crippen molar-refractivity contribution in [2.75, 3.05) is 50.9 Å². The summed E-state index contributed by atoms with van der Waals surface area (Å²) in [5, 5.41) is 4.55. The SMILES string of the molecule is Fc1ccc(OCCN2CCOCC2)c([C@H]2CCCN2c2ccnn2C2CC2)c1. The van der Waals surface area contributed by atoms with Crippen LogP contribution in [0.1, 0.15) is 43.3 Å². The van der Waals surface area contributed by atoms with E-state index in [0.29, 0.717) is 12.6 Å². The van der Waals surface area contributed by atoms with Gasteiger partial charge in [0.05, 0.1) is 31.5 Å². The van der Waals surface area contributed by atoms with Crippen LogP contribution in [0.3, 0.4) is 0 Å². The molecule has 0 radical (unpaired) electrons. The third kappa shape index (κ3) is 4.12. The van der Waals surface area contributed by atoms with Gasteiger partial charge in [-0.2, -0.15) is 5.10 Å². The molecule has 3 aliphatic rings. The number of halogens is 1. The lowest BCUT2D eigenvalue weighted by Crippen LogP contribution is -2.38. The average Bonchev–Trinajstić information content (AvgIpc) is 3.27. The molecule has 2 saturated heterocycles. The predicted octanol–water partition coefficient (Wildman–Crippen LogP) is 3.41. The van der Waals surface area contributed by atoms with Gasteiger partial charge in [-0.3, -0.25) is 4.90 Å². The fourth-order valence-electron chi connectivity index (χ4n) is 4.52. The third-order valence-electron chi connectivity index (χ3n) is 6.19. The van der Waals surface area contributed by atoms with Gasteiger partial charge in [0.1, 0.15) is 24.0 Å². The second kappa shape index (κ2) is 8.32. The molecule has 0 unspecified atom stereocenters. The normalized spacial score (nSPS) is 22.9. The van der Waals surface area contributed by atoms with Crippen molar-refractivity contribution in [3.8, 4) is 5.75 Å². The first kappa shape index (κ1) is 18.9. The van der Waals surface area contributed by atoms with E-state index in [0.717, 1.165) is 69.4 Å². The van der Waals surface area contributed by atoms with Gasteiger partial charge < -0.3 is 14.4 Å². The lowest BCUT2D eigenvalue weighted by molar-refractivity contribution is 0.0322. The molecule has 3 fully saturated rings. The van der Waals surface area contributed by atoms with Crippen LogP contribution in [0.15, 0.2) is 30.5 Å². The van der Waals surface area contributed by atoms with Crippen LogP contribution in [0, 0.1) is 5.82 Å². The van der Waals surface area contributed by atoms with Crippen LogP contribution in [0.2, 0.25) is 0 Å². The number of ether oxygens (including phenoxy) is 2. The van der Waals surface area contributed by atoms with Crippen LogP contribution in [0.25, 0.3) is 0 Å². The molecule has 1 atom stereocenters. The number of aromatic nitrogens is 2. The van der Waals surface area contributed by atoms with E-state index in [2.05, 4.69) is 25.6 Å². The molecule has 6 nitrogen and oxygen atoms in total. The smallest absolute Gasteiger partial charge is 0.127 e. The molecule has 7 heteroatoms. The van der Waals surface area contributed by atoms with Gasteiger partial charge in [0.25, 0.3) is 0 Å². The van der Waals surface area contributed by atoms with Crippen molar-refractivity contribution < 1.29 is 13.9 Å². The molecule has 29 heavy (non-hydrogen) atoms. The monoisotopic (exact) mass is 400 g/mol. The van der Waals surface area contributed by atoms with Crippen LogP contribution in [0.5, 0.6) is 5.75 Å². The van der Waals surface area contributed by atoms with Crippen molar-refractivity contribution in [3.05, 3.63) is 41.8 Å². The number of nitrogens with zero attached hydrogens (tertiary/aromatic N) is 4. The highest BCUT2D eigenvalue weighted by molar-refractivity contribution is 5.48. The van der Waals surface area contributed by atoms with Crippen LogP contribution >= 0.6 is 0 Å². The van der Waals surface area contributed by atoms with Gasteiger partial charge in [-0.15, -0.1) is 0 Å². The molecule has 3 heterocycles. The summed E-state index contributed by atoms with van der Waals surface area (Å²) in [6.07, 6.45) is 6.36. The number of hydrogen-bond donors (Lipinski definition) is 0. The topological polar surface area (TPSA) is 42.8 Å². The molecule has 2 aromatic rings. The minimum absolute atomic E-state index is 0.123. The maximum absolute atomic E-state index is 14.2. The molecular formula is C22H29FN4O2. The summed E-state index contributed by atoms with van der Waals surface area (Å²) < 4.78 is 27.9. The maximum Gasteiger partial charge on any atom is 0.127 e. The van der Waals surface area contributed by atoms with E-state index < -0.39 is 0 Å². The molecule has 0 spiro atoms. The summed E-state index contributed by atoms with van der Waals surface area (Å²) in [6.45, 7) is 5.89. The molecule has 1 aromatic heterocycles. The van der Waals surface area contributed by atoms with Crippen molar-refractivity contribution in [2.24, 2.45) is 0 Å². The molecule has 1 saturated carbocycles. The molecule has 5 rings (SSSR count). The van der Waals surface area contributed by atoms with E-state index in [1.165, 1.54) is 18.9 Å². The number of morpholine rings is 1. The van der Waals surface area contributed by atoms with E-state index in [9.17, 15) is 4.39 Å². The van der Waals surface area contributed by atoms with Gasteiger partial charge in [0.15, 0.2) is 0 Å². The molecular weight excluding hydrogens is 371 g/mol. The number of rotatable bonds is 7. The first-order valence-corrected chi connectivity index (χ1v) is 10.8. The molecule has 1 aromatic carbocycles. The van der Waals surface area contributed by atoms with E-state index in [-0.39, 0.29) is 11.9 Å². The molecule has 156 valence electrons. The Bertz CT molecular complexity index is 832. The van der Waals surface area contributed by atoms with Crippen LogP contribution in [-0.2, 0) is 4.74 Å². The zero-order valence-corrected chi connectivity index (χ0v) is 16.8. The summed E-state index contributed by atoms with van der Waals surface area (Å²) in [5.41, 5.74) is 0.952. The highest BCUT2D eigenvalue weighted by atomic mass is 19.1. The standard InChI is InChI=1S/C22H29FN4O2/c23-17-3-6-21(29-15-12-25-10-13-28-14-11-25)19(16-17)20-2-1-9-26(20)22-7-8-24-27(22)18-4-5-18/h3,6-8,16,18,20H,1-2,4-5,9-15H2/t20-/m1/s1. The summed E-state index contributed by atoms with van der Waals surface area (Å²) >= 11 is 0. The Morgan fingerprint density at radius 1 is 1.10 bits per heavy atom. The second-order valence-electron chi connectivity index (χ2n) is 8.20. The minimum Gasteiger partial charge on any atom is -0.492 e. The first-order chi connectivity index (χ1) is 14.3. The zero-order valence-electron chi connectivity index (χ0n) is 16.8. The maximum atomic E-state index is 14.2. The first-order valence-electron chi connectivity index (χ1n) is 10.8. The van der Waals surface area contributed by atoms with Gasteiger partial charge in [0.2, 0.25) is 0 Å². The summed E-state index contributed by atoms with van der Waals surface area (Å²) in [7, 11) is 0. The average molecular weight is 400 g/mol. The van der Waals surface area contributed by atoms with Crippen molar-refractivity contribution in [1.82, 2.24) is 14.7 Å². The van der Waals surface area contributed by atoms with Crippen molar-refractivity contribution in [1.29, 1.82) is 0 Å². The highest BCUT2D eigenvalue weighted by Gasteiger charge is 2.34. The number of anilines is 1. The Kier molecular flexibility index (Phi) is 5.42. The molecule has 1 aliphatic carbocycles. The predicted molar refractivity (Wildman–Crippen MR) is 109 cm³/mol. The van der Waals surface area contributed by atoms with Crippen molar-refractivity contribution >= 4 is 5.82 Å². The second-order valence-corrected chi connectivity index (χ2v) is 8.20. The van der Waals surface area contributed by atoms with Crippen LogP contribution in [0.4, 0.5) is 10.2 Å². The number of hydrogen-bond acceptors (Lipinski definition) is 5. The highest BCUT2D eigenvalue weighted by Crippen LogP contribution is 2.43. The third-order valence-corrected chi connectivity index (χ3v) is 6.19. The largest absolute Gasteiger partial charge is 0.492 e. The summed E-state index contributed by atoms with van der Waals surface area (Å²) in [6, 6.07) is 7.69. The Hall–Kier alpha value is -2.12. The fraction of sp³-hybridized carbons (Fsp3) is 0.591. The molecule has 0 N–H and O–H groups in total. The van der Waals surface area contributed by atoms with Gasteiger partial charge in [-0.25, -0.2) is 9.07 Å². The van der Waals surface area contributed by atoms with Gasteiger partial charge >= 0.3 is 0 Å². The van der Waals surface area contributed by atoms with Gasteiger partial charge in [-0.05, 0) is 43.9 Å². The minimum atomic E-state index is -0.205. The van der Waals surface area contributed by atoms with E-state index >= 15 is 0 Å². The Balaban J connectivity index is 1.33. The lowest BCUT2D eigenvalue weighted by atomic mass is 10.0. The summed E-state index contributed by atoms with van der Waals surface area (Å²) in [4.78, 5) is 4.73. The van der Waals surface area contributed by atoms with Crippen molar-refractivity contribution in [3.63, 3.8) is 0 Å². The Labute approximate surface area is 171 Å². The Morgan fingerprint density at radius 3 is 2.79 bits per heavy atom. The molecule has 0 amide bonds. The van der Waals surface area contributed by atoms with E-state index in [4.69, 9.17) is 9.47 Å². The fourth-order valence-corrected chi connectivity index (χ4v) is 4.52. The lowest BCUT2D eigenvalue weighted by Gasteiger charge is -2.29. The van der Waals surface area contributed by atoms with Gasteiger partial charge in [-0.1, -0.05) is 0 Å². The Morgan fingerprint density at radius 2 is 1.97 bits per heavy atom. The van der Waals surface area contributed by atoms with E-state index in [1.54, 1.807) is 12.1 Å². The van der Waals surface area contributed by atoms with Crippen LogP contribution in [-0.4, -0.2) is 60.7 Å². The van der Waals surface area contributed by atoms with Crippen LogP contribution < -0.4 is 9.64 Å². The molecule has 0 bridgehead atoms. The van der Waals surface area contributed by atoms with Gasteiger partial charge in [0, 0.05) is 37.8 Å².